The molecule has 2 aromatic rings. The summed E-state index contributed by atoms with van der Waals surface area (Å²) in [6, 6.07) is 8.00. The fourth-order valence-electron chi connectivity index (χ4n) is 4.07. The standard InChI is InChI=1S/C27H45N3OS/c1-4-5-6-7-8-9-10-11-12-13-14-15-16-21-26(31)30-25-20-18-17-19-24(25)28-27(30)32-23-22-29(2)3/h17-20H,4-16,21-23H2,1-3H3. The number of fused-ring (bicyclic) bond motifs is 1. The molecule has 1 heterocycles. The van der Waals surface area contributed by atoms with Crippen LogP contribution in [-0.2, 0) is 0 Å². The number of rotatable bonds is 18. The number of unbranched alkanes of at least 4 members (excludes halogenated alkanes) is 12. The first-order chi connectivity index (χ1) is 15.6. The number of carbonyl (C=O) groups is 1. The van der Waals surface area contributed by atoms with Gasteiger partial charge in [-0.15, -0.1) is 0 Å². The van der Waals surface area contributed by atoms with Gasteiger partial charge in [0.15, 0.2) is 5.16 Å². The maximum Gasteiger partial charge on any atom is 0.233 e. The Balaban J connectivity index is 1.65. The molecule has 0 aliphatic carbocycles. The summed E-state index contributed by atoms with van der Waals surface area (Å²) in [6.07, 6.45) is 17.8. The molecule has 0 spiro atoms. The smallest absolute Gasteiger partial charge is 0.233 e. The Labute approximate surface area is 200 Å². The Hall–Kier alpha value is -1.33. The molecule has 0 aliphatic rings. The summed E-state index contributed by atoms with van der Waals surface area (Å²) >= 11 is 1.68. The van der Waals surface area contributed by atoms with E-state index in [-0.39, 0.29) is 5.91 Å². The fourth-order valence-corrected chi connectivity index (χ4v) is 5.20. The van der Waals surface area contributed by atoms with Gasteiger partial charge in [0.2, 0.25) is 5.91 Å². The number of hydrogen-bond acceptors (Lipinski definition) is 4. The quantitative estimate of drug-likeness (QED) is 0.168. The lowest BCUT2D eigenvalue weighted by molar-refractivity contribution is 0.0893. The van der Waals surface area contributed by atoms with Crippen LogP contribution in [0.1, 0.15) is 102 Å². The summed E-state index contributed by atoms with van der Waals surface area (Å²) in [5.74, 6) is 1.12. The molecule has 1 aromatic heterocycles. The molecule has 0 bridgehead atoms. The highest BCUT2D eigenvalue weighted by Gasteiger charge is 2.16. The van der Waals surface area contributed by atoms with Crippen molar-refractivity contribution in [1.82, 2.24) is 14.5 Å². The zero-order valence-electron chi connectivity index (χ0n) is 20.8. The maximum absolute atomic E-state index is 13.0. The molecule has 1 aromatic carbocycles. The van der Waals surface area contributed by atoms with Crippen LogP contribution in [0.4, 0.5) is 0 Å². The zero-order valence-corrected chi connectivity index (χ0v) is 21.6. The van der Waals surface area contributed by atoms with Gasteiger partial charge in [0, 0.05) is 18.7 Å². The summed E-state index contributed by atoms with van der Waals surface area (Å²) in [5.41, 5.74) is 1.86. The van der Waals surface area contributed by atoms with E-state index in [9.17, 15) is 4.79 Å². The van der Waals surface area contributed by atoms with Crippen molar-refractivity contribution in [2.75, 3.05) is 26.4 Å². The third-order valence-corrected chi connectivity index (χ3v) is 6.96. The second-order valence-corrected chi connectivity index (χ2v) is 10.3. The Morgan fingerprint density at radius 3 is 2.03 bits per heavy atom. The first-order valence-corrected chi connectivity index (χ1v) is 13.9. The van der Waals surface area contributed by atoms with Crippen LogP contribution >= 0.6 is 11.8 Å². The molecule has 0 fully saturated rings. The van der Waals surface area contributed by atoms with Crippen LogP contribution in [0.2, 0.25) is 0 Å². The van der Waals surface area contributed by atoms with E-state index in [1.165, 1.54) is 70.6 Å². The van der Waals surface area contributed by atoms with Gasteiger partial charge in [-0.1, -0.05) is 108 Å². The molecule has 4 nitrogen and oxygen atoms in total. The van der Waals surface area contributed by atoms with Crippen LogP contribution in [0.15, 0.2) is 29.4 Å². The van der Waals surface area contributed by atoms with Crippen LogP contribution in [0, 0.1) is 0 Å². The largest absolute Gasteiger partial charge is 0.309 e. The molecule has 0 saturated heterocycles. The number of hydrogen-bond donors (Lipinski definition) is 0. The van der Waals surface area contributed by atoms with Gasteiger partial charge in [0.1, 0.15) is 0 Å². The number of carbonyl (C=O) groups excluding carboxylic acids is 1. The minimum Gasteiger partial charge on any atom is -0.309 e. The number of para-hydroxylation sites is 2. The average Bonchev–Trinajstić information content (AvgIpc) is 3.15. The third-order valence-electron chi connectivity index (χ3n) is 6.04. The van der Waals surface area contributed by atoms with Crippen molar-refractivity contribution in [3.05, 3.63) is 24.3 Å². The lowest BCUT2D eigenvalue weighted by Gasteiger charge is -2.10. The van der Waals surface area contributed by atoms with Crippen LogP contribution in [0.5, 0.6) is 0 Å². The first kappa shape index (κ1) is 26.9. The molecule has 32 heavy (non-hydrogen) atoms. The van der Waals surface area contributed by atoms with Gasteiger partial charge in [-0.2, -0.15) is 0 Å². The van der Waals surface area contributed by atoms with E-state index >= 15 is 0 Å². The topological polar surface area (TPSA) is 38.1 Å². The van der Waals surface area contributed by atoms with Crippen molar-refractivity contribution >= 4 is 28.7 Å². The van der Waals surface area contributed by atoms with Gasteiger partial charge in [-0.3, -0.25) is 9.36 Å². The van der Waals surface area contributed by atoms with Gasteiger partial charge in [0.25, 0.3) is 0 Å². The minimum atomic E-state index is 0.189. The minimum absolute atomic E-state index is 0.189. The molecule has 5 heteroatoms. The Bertz CT molecular complexity index is 771. The van der Waals surface area contributed by atoms with Crippen molar-refractivity contribution in [3.63, 3.8) is 0 Å². The van der Waals surface area contributed by atoms with Gasteiger partial charge in [-0.05, 0) is 32.6 Å². The van der Waals surface area contributed by atoms with Gasteiger partial charge < -0.3 is 4.90 Å². The van der Waals surface area contributed by atoms with Gasteiger partial charge in [0.05, 0.1) is 11.0 Å². The van der Waals surface area contributed by atoms with Crippen LogP contribution in [0.3, 0.4) is 0 Å². The summed E-state index contributed by atoms with van der Waals surface area (Å²) in [4.78, 5) is 19.9. The van der Waals surface area contributed by atoms with E-state index in [1.807, 2.05) is 28.8 Å². The van der Waals surface area contributed by atoms with E-state index in [4.69, 9.17) is 4.98 Å². The molecule has 0 unspecified atom stereocenters. The highest BCUT2D eigenvalue weighted by atomic mass is 32.2. The van der Waals surface area contributed by atoms with E-state index < -0.39 is 0 Å². The van der Waals surface area contributed by atoms with Crippen molar-refractivity contribution in [1.29, 1.82) is 0 Å². The maximum atomic E-state index is 13.0. The van der Waals surface area contributed by atoms with Gasteiger partial charge in [-0.25, -0.2) is 4.98 Å². The molecule has 0 amide bonds. The van der Waals surface area contributed by atoms with Crippen molar-refractivity contribution in [3.8, 4) is 0 Å². The summed E-state index contributed by atoms with van der Waals surface area (Å²) < 4.78 is 1.86. The van der Waals surface area contributed by atoms with E-state index in [0.717, 1.165) is 41.3 Å². The van der Waals surface area contributed by atoms with Crippen molar-refractivity contribution < 1.29 is 4.79 Å². The van der Waals surface area contributed by atoms with E-state index in [0.29, 0.717) is 6.42 Å². The van der Waals surface area contributed by atoms with Crippen molar-refractivity contribution in [2.45, 2.75) is 102 Å². The summed E-state index contributed by atoms with van der Waals surface area (Å²) in [6.45, 7) is 3.25. The number of imidazole rings is 1. The summed E-state index contributed by atoms with van der Waals surface area (Å²) in [7, 11) is 4.15. The van der Waals surface area contributed by atoms with Crippen LogP contribution in [-0.4, -0.2) is 46.8 Å². The number of benzene rings is 1. The molecule has 0 aliphatic heterocycles. The Kier molecular flexibility index (Phi) is 13.7. The van der Waals surface area contributed by atoms with Crippen LogP contribution < -0.4 is 0 Å². The second-order valence-electron chi connectivity index (χ2n) is 9.26. The average molecular weight is 460 g/mol. The predicted molar refractivity (Wildman–Crippen MR) is 140 cm³/mol. The Morgan fingerprint density at radius 2 is 1.44 bits per heavy atom. The number of thioether (sulfide) groups is 1. The lowest BCUT2D eigenvalue weighted by atomic mass is 10.0. The third kappa shape index (κ3) is 10.1. The zero-order chi connectivity index (χ0) is 23.0. The van der Waals surface area contributed by atoms with E-state index in [2.05, 4.69) is 25.9 Å². The molecule has 0 radical (unpaired) electrons. The molecule has 0 N–H and O–H groups in total. The molecular weight excluding hydrogens is 414 g/mol. The molecule has 0 atom stereocenters. The highest BCUT2D eigenvalue weighted by Crippen LogP contribution is 2.25. The molecule has 180 valence electrons. The number of aromatic nitrogens is 2. The normalized spacial score (nSPS) is 11.6. The molecule has 0 saturated carbocycles. The molecule has 2 rings (SSSR count). The summed E-state index contributed by atoms with van der Waals surface area (Å²) in [5, 5.41) is 0.841. The van der Waals surface area contributed by atoms with Crippen molar-refractivity contribution in [2.24, 2.45) is 0 Å². The second kappa shape index (κ2) is 16.3. The SMILES string of the molecule is CCCCCCCCCCCCCCCC(=O)n1c(SCCN(C)C)nc2ccccc21. The fraction of sp³-hybridized carbons (Fsp3) is 0.704. The number of nitrogens with zero attached hydrogens (tertiary/aromatic N) is 3. The Morgan fingerprint density at radius 1 is 0.875 bits per heavy atom. The van der Waals surface area contributed by atoms with E-state index in [1.54, 1.807) is 11.8 Å². The van der Waals surface area contributed by atoms with Gasteiger partial charge >= 0.3 is 0 Å². The van der Waals surface area contributed by atoms with Crippen LogP contribution in [0.25, 0.3) is 11.0 Å². The molecular formula is C27H45N3OS. The predicted octanol–water partition coefficient (Wildman–Crippen LogP) is 7.81. The highest BCUT2D eigenvalue weighted by molar-refractivity contribution is 7.99. The monoisotopic (exact) mass is 459 g/mol. The first-order valence-electron chi connectivity index (χ1n) is 12.9. The lowest BCUT2D eigenvalue weighted by Crippen LogP contribution is -2.16.